The molecule has 1 atom stereocenters. The van der Waals surface area contributed by atoms with Crippen LogP contribution in [0.25, 0.3) is 11.1 Å². The lowest BCUT2D eigenvalue weighted by Crippen LogP contribution is -2.61. The minimum Gasteiger partial charge on any atom is -0.336 e. The van der Waals surface area contributed by atoms with E-state index in [9.17, 15) is 14.4 Å². The molecule has 0 bridgehead atoms. The zero-order chi connectivity index (χ0) is 20.5. The molecular weight excluding hydrogens is 368 g/mol. The Bertz CT molecular complexity index is 958. The monoisotopic (exact) mass is 392 g/mol. The van der Waals surface area contributed by atoms with Crippen molar-refractivity contribution in [2.24, 2.45) is 0 Å². The average Bonchev–Trinajstić information content (AvgIpc) is 2.82. The van der Waals surface area contributed by atoms with Crippen LogP contribution in [0.4, 0.5) is 10.5 Å². The maximum absolute atomic E-state index is 13.3. The van der Waals surface area contributed by atoms with Gasteiger partial charge in [0.25, 0.3) is 5.91 Å². The first-order chi connectivity index (χ1) is 13.9. The molecule has 2 aliphatic rings. The number of nitrogens with zero attached hydrogens (tertiary/aromatic N) is 2. The van der Waals surface area contributed by atoms with Gasteiger partial charge in [-0.25, -0.2) is 4.79 Å². The van der Waals surface area contributed by atoms with Crippen LogP contribution in [0.5, 0.6) is 0 Å². The van der Waals surface area contributed by atoms with E-state index in [4.69, 9.17) is 0 Å². The number of benzene rings is 2. The summed E-state index contributed by atoms with van der Waals surface area (Å²) in [7, 11) is 0. The van der Waals surface area contributed by atoms with Gasteiger partial charge in [-0.1, -0.05) is 36.4 Å². The second kappa shape index (κ2) is 7.58. The van der Waals surface area contributed by atoms with Gasteiger partial charge in [0.2, 0.25) is 5.91 Å². The number of anilines is 1. The summed E-state index contributed by atoms with van der Waals surface area (Å²) in [5.41, 5.74) is 2.90. The third kappa shape index (κ3) is 3.68. The summed E-state index contributed by atoms with van der Waals surface area (Å²) in [5.74, 6) is -0.461. The number of piperazine rings is 1. The lowest BCUT2D eigenvalue weighted by molar-refractivity contribution is -0.121. The summed E-state index contributed by atoms with van der Waals surface area (Å²) in [6.07, 6.45) is 0. The van der Waals surface area contributed by atoms with E-state index in [1.54, 1.807) is 15.9 Å². The van der Waals surface area contributed by atoms with Crippen molar-refractivity contribution >= 4 is 23.5 Å². The zero-order valence-corrected chi connectivity index (χ0v) is 16.5. The number of rotatable bonds is 2. The SMILES string of the molecule is CC(C)NC(=O)N1CCN2C(=O)c3cc(-c4ccccc4)ccc3NC(=O)C2C1. The molecule has 0 spiro atoms. The van der Waals surface area contributed by atoms with Crippen molar-refractivity contribution in [1.29, 1.82) is 0 Å². The highest BCUT2D eigenvalue weighted by Crippen LogP contribution is 2.30. The minimum absolute atomic E-state index is 0.00536. The summed E-state index contributed by atoms with van der Waals surface area (Å²) in [6, 6.07) is 14.4. The second-order valence-corrected chi connectivity index (χ2v) is 7.68. The fourth-order valence-corrected chi connectivity index (χ4v) is 3.78. The molecule has 2 aromatic carbocycles. The molecule has 4 amide bonds. The molecule has 2 heterocycles. The third-order valence-corrected chi connectivity index (χ3v) is 5.26. The van der Waals surface area contributed by atoms with Gasteiger partial charge in [0, 0.05) is 19.1 Å². The molecular formula is C22H24N4O3. The van der Waals surface area contributed by atoms with E-state index in [0.717, 1.165) is 11.1 Å². The van der Waals surface area contributed by atoms with Gasteiger partial charge in [-0.3, -0.25) is 9.59 Å². The van der Waals surface area contributed by atoms with Gasteiger partial charge in [0.15, 0.2) is 0 Å². The largest absolute Gasteiger partial charge is 0.336 e. The molecule has 7 nitrogen and oxygen atoms in total. The number of nitrogens with one attached hydrogen (secondary N) is 2. The van der Waals surface area contributed by atoms with Crippen molar-refractivity contribution in [1.82, 2.24) is 15.1 Å². The Morgan fingerprint density at radius 1 is 1.07 bits per heavy atom. The normalized spacial score (nSPS) is 18.7. The topological polar surface area (TPSA) is 81.8 Å². The van der Waals surface area contributed by atoms with Crippen LogP contribution < -0.4 is 10.6 Å². The maximum atomic E-state index is 13.3. The van der Waals surface area contributed by atoms with Crippen molar-refractivity contribution in [2.45, 2.75) is 25.9 Å². The summed E-state index contributed by atoms with van der Waals surface area (Å²) in [4.78, 5) is 41.6. The molecule has 1 saturated heterocycles. The number of fused-ring (bicyclic) bond motifs is 2. The van der Waals surface area contributed by atoms with Crippen LogP contribution >= 0.6 is 0 Å². The molecule has 2 N–H and O–H groups in total. The quantitative estimate of drug-likeness (QED) is 0.824. The first-order valence-electron chi connectivity index (χ1n) is 9.81. The van der Waals surface area contributed by atoms with Gasteiger partial charge >= 0.3 is 6.03 Å². The molecule has 150 valence electrons. The van der Waals surface area contributed by atoms with E-state index in [1.165, 1.54) is 0 Å². The average molecular weight is 392 g/mol. The van der Waals surface area contributed by atoms with Crippen LogP contribution in [0.15, 0.2) is 48.5 Å². The second-order valence-electron chi connectivity index (χ2n) is 7.68. The molecule has 7 heteroatoms. The lowest BCUT2D eigenvalue weighted by Gasteiger charge is -2.39. The molecule has 29 heavy (non-hydrogen) atoms. The van der Waals surface area contributed by atoms with E-state index in [0.29, 0.717) is 24.3 Å². The first-order valence-corrected chi connectivity index (χ1v) is 9.81. The molecule has 0 aromatic heterocycles. The van der Waals surface area contributed by atoms with Crippen molar-refractivity contribution in [2.75, 3.05) is 25.0 Å². The molecule has 0 aliphatic carbocycles. The summed E-state index contributed by atoms with van der Waals surface area (Å²) in [6.45, 7) is 4.66. The van der Waals surface area contributed by atoms with E-state index in [-0.39, 0.29) is 30.4 Å². The standard InChI is InChI=1S/C22H24N4O3/c1-14(2)23-22(29)25-10-11-26-19(13-25)20(27)24-18-9-8-16(12-17(18)21(26)28)15-6-4-3-5-7-15/h3-9,12,14,19H,10-11,13H2,1-2H3,(H,23,29)(H,24,27). The van der Waals surface area contributed by atoms with Crippen molar-refractivity contribution in [3.05, 3.63) is 54.1 Å². The van der Waals surface area contributed by atoms with Crippen molar-refractivity contribution in [3.63, 3.8) is 0 Å². The fourth-order valence-electron chi connectivity index (χ4n) is 3.78. The summed E-state index contributed by atoms with van der Waals surface area (Å²) in [5, 5.41) is 5.72. The number of urea groups is 1. The zero-order valence-electron chi connectivity index (χ0n) is 16.5. The molecule has 2 aromatic rings. The molecule has 2 aliphatic heterocycles. The minimum atomic E-state index is -0.707. The predicted octanol–water partition coefficient (Wildman–Crippen LogP) is 2.55. The van der Waals surface area contributed by atoms with Crippen LogP contribution in [0.1, 0.15) is 24.2 Å². The van der Waals surface area contributed by atoms with Gasteiger partial charge in [-0.2, -0.15) is 0 Å². The highest BCUT2D eigenvalue weighted by Gasteiger charge is 2.40. The van der Waals surface area contributed by atoms with Crippen LogP contribution in [0, 0.1) is 0 Å². The van der Waals surface area contributed by atoms with Crippen LogP contribution in [0.2, 0.25) is 0 Å². The Hall–Kier alpha value is -3.35. The summed E-state index contributed by atoms with van der Waals surface area (Å²) >= 11 is 0. The Balaban J connectivity index is 1.62. The Morgan fingerprint density at radius 2 is 1.83 bits per heavy atom. The highest BCUT2D eigenvalue weighted by atomic mass is 16.2. The molecule has 0 radical (unpaired) electrons. The smallest absolute Gasteiger partial charge is 0.317 e. The molecule has 0 saturated carbocycles. The predicted molar refractivity (Wildman–Crippen MR) is 111 cm³/mol. The number of hydrogen-bond acceptors (Lipinski definition) is 3. The maximum Gasteiger partial charge on any atom is 0.317 e. The number of carbonyl (C=O) groups excluding carboxylic acids is 3. The number of hydrogen-bond donors (Lipinski definition) is 2. The summed E-state index contributed by atoms with van der Waals surface area (Å²) < 4.78 is 0. The molecule has 1 unspecified atom stereocenters. The van der Waals surface area contributed by atoms with Crippen LogP contribution in [-0.4, -0.2) is 59.4 Å². The van der Waals surface area contributed by atoms with Gasteiger partial charge in [0.05, 0.1) is 17.8 Å². The van der Waals surface area contributed by atoms with Gasteiger partial charge in [-0.05, 0) is 37.1 Å². The van der Waals surface area contributed by atoms with Gasteiger partial charge < -0.3 is 20.4 Å². The Kier molecular flexibility index (Phi) is 4.96. The Labute approximate surface area is 169 Å². The van der Waals surface area contributed by atoms with Gasteiger partial charge in [-0.15, -0.1) is 0 Å². The van der Waals surface area contributed by atoms with E-state index in [1.807, 2.05) is 56.3 Å². The third-order valence-electron chi connectivity index (χ3n) is 5.26. The first kappa shape index (κ1) is 19.0. The number of carbonyl (C=O) groups is 3. The lowest BCUT2D eigenvalue weighted by atomic mass is 10.0. The van der Waals surface area contributed by atoms with Crippen molar-refractivity contribution in [3.8, 4) is 11.1 Å². The van der Waals surface area contributed by atoms with Crippen LogP contribution in [0.3, 0.4) is 0 Å². The van der Waals surface area contributed by atoms with E-state index in [2.05, 4.69) is 10.6 Å². The molecule has 1 fully saturated rings. The van der Waals surface area contributed by atoms with Gasteiger partial charge in [0.1, 0.15) is 6.04 Å². The number of amides is 4. The van der Waals surface area contributed by atoms with E-state index < -0.39 is 6.04 Å². The molecule has 4 rings (SSSR count). The fraction of sp³-hybridized carbons (Fsp3) is 0.318. The van der Waals surface area contributed by atoms with Crippen LogP contribution in [-0.2, 0) is 4.79 Å². The van der Waals surface area contributed by atoms with E-state index >= 15 is 0 Å². The highest BCUT2D eigenvalue weighted by molar-refractivity contribution is 6.10. The van der Waals surface area contributed by atoms with Crippen molar-refractivity contribution < 1.29 is 14.4 Å². The Morgan fingerprint density at radius 3 is 2.55 bits per heavy atom.